The van der Waals surface area contributed by atoms with Crippen LogP contribution in [0.25, 0.3) is 0 Å². The number of amidine groups is 1. The van der Waals surface area contributed by atoms with Crippen LogP contribution in [-0.4, -0.2) is 41.9 Å². The molecule has 10 heteroatoms. The summed E-state index contributed by atoms with van der Waals surface area (Å²) >= 11 is 14.1. The first-order valence-corrected chi connectivity index (χ1v) is 13.8. The van der Waals surface area contributed by atoms with Crippen molar-refractivity contribution in [3.63, 3.8) is 0 Å². The van der Waals surface area contributed by atoms with Crippen LogP contribution in [0.5, 0.6) is 0 Å². The van der Waals surface area contributed by atoms with E-state index in [4.69, 9.17) is 37.7 Å². The third kappa shape index (κ3) is 5.53. The van der Waals surface area contributed by atoms with Crippen LogP contribution in [-0.2, 0) is 14.3 Å². The van der Waals surface area contributed by atoms with Crippen LogP contribution >= 0.6 is 35.0 Å². The number of nitrogens with zero attached hydrogens (tertiary/aromatic N) is 3. The van der Waals surface area contributed by atoms with Gasteiger partial charge in [-0.05, 0) is 73.8 Å². The smallest absolute Gasteiger partial charge is 0.414 e. The minimum absolute atomic E-state index is 0.0388. The molecule has 2 aromatic carbocycles. The first-order chi connectivity index (χ1) is 17.8. The fraction of sp³-hybridized carbons (Fsp3) is 0.393. The molecule has 2 atom stereocenters. The van der Waals surface area contributed by atoms with E-state index in [1.165, 1.54) is 23.8 Å². The lowest BCUT2D eigenvalue weighted by molar-refractivity contribution is -0.135. The van der Waals surface area contributed by atoms with Crippen molar-refractivity contribution in [1.82, 2.24) is 4.90 Å². The third-order valence-corrected chi connectivity index (χ3v) is 7.82. The molecule has 4 rings (SSSR count). The van der Waals surface area contributed by atoms with E-state index >= 15 is 0 Å². The summed E-state index contributed by atoms with van der Waals surface area (Å²) in [5.41, 5.74) is 2.59. The van der Waals surface area contributed by atoms with Gasteiger partial charge in [-0.15, -0.1) is 0 Å². The fourth-order valence-electron chi connectivity index (χ4n) is 4.52. The number of esters is 1. The van der Waals surface area contributed by atoms with Gasteiger partial charge in [-0.2, -0.15) is 0 Å². The van der Waals surface area contributed by atoms with E-state index in [0.717, 1.165) is 22.0 Å². The molecule has 2 aliphatic heterocycles. The monoisotopic (exact) mass is 575 g/mol. The number of anilines is 1. The number of hydrogen-bond donors (Lipinski definition) is 0. The highest BCUT2D eigenvalue weighted by molar-refractivity contribution is 8.18. The predicted octanol–water partition coefficient (Wildman–Crippen LogP) is 7.61. The van der Waals surface area contributed by atoms with Gasteiger partial charge in [-0.25, -0.2) is 9.59 Å². The number of thioether (sulfide) groups is 1. The molecule has 0 radical (unpaired) electrons. The van der Waals surface area contributed by atoms with Gasteiger partial charge < -0.3 is 14.4 Å². The third-order valence-electron chi connectivity index (χ3n) is 6.19. The molecule has 7 nitrogen and oxygen atoms in total. The number of allylic oxidation sites excluding steroid dienone is 1. The molecular formula is C28H31Cl2N3O4S. The Bertz CT molecular complexity index is 1320. The van der Waals surface area contributed by atoms with E-state index < -0.39 is 11.7 Å². The second kappa shape index (κ2) is 10.8. The number of benzene rings is 2. The van der Waals surface area contributed by atoms with Gasteiger partial charge in [0, 0.05) is 17.8 Å². The van der Waals surface area contributed by atoms with Crippen LogP contribution in [0.15, 0.2) is 58.1 Å². The minimum Gasteiger partial charge on any atom is -0.465 e. The molecule has 2 aromatic rings. The van der Waals surface area contributed by atoms with Crippen molar-refractivity contribution >= 4 is 57.9 Å². The minimum atomic E-state index is -0.647. The summed E-state index contributed by atoms with van der Waals surface area (Å²) in [4.78, 5) is 34.6. The number of hydrogen-bond acceptors (Lipinski definition) is 7. The van der Waals surface area contributed by atoms with Crippen LogP contribution in [0.3, 0.4) is 0 Å². The van der Waals surface area contributed by atoms with Crippen molar-refractivity contribution in [3.8, 4) is 0 Å². The molecule has 2 aliphatic rings. The highest BCUT2D eigenvalue weighted by Gasteiger charge is 2.47. The molecule has 202 valence electrons. The van der Waals surface area contributed by atoms with Crippen molar-refractivity contribution in [2.75, 3.05) is 19.1 Å². The summed E-state index contributed by atoms with van der Waals surface area (Å²) < 4.78 is 10.6. The standard InChI is InChI=1S/C28H31Cl2N3O4S/c1-15(2)22-24(25(34)36-7)38-26-31-21(23(33(22)26)16-8-11-18(29)12-9-16)17-10-13-19(30)20(14-17)32(6)27(35)37-28(3,4)5/h8-15,21,23H,1-7H3/t21-,23+/m0/s1. The average Bonchev–Trinajstić information content (AvgIpc) is 3.39. The maximum Gasteiger partial charge on any atom is 0.414 e. The normalized spacial score (nSPS) is 19.0. The molecule has 0 fully saturated rings. The fourth-order valence-corrected chi connectivity index (χ4v) is 6.15. The Hall–Kier alpha value is -2.68. The Morgan fingerprint density at radius 2 is 1.71 bits per heavy atom. The Labute approximate surface area is 237 Å². The molecule has 0 spiro atoms. The Morgan fingerprint density at radius 1 is 1.08 bits per heavy atom. The Balaban J connectivity index is 1.80. The van der Waals surface area contributed by atoms with Gasteiger partial charge in [0.15, 0.2) is 5.17 Å². The second-order valence-corrected chi connectivity index (χ2v) is 12.3. The van der Waals surface area contributed by atoms with Crippen LogP contribution < -0.4 is 4.90 Å². The lowest BCUT2D eigenvalue weighted by Gasteiger charge is -2.32. The van der Waals surface area contributed by atoms with Crippen LogP contribution in [0, 0.1) is 5.92 Å². The predicted molar refractivity (Wildman–Crippen MR) is 154 cm³/mol. The second-order valence-electron chi connectivity index (χ2n) is 10.4. The van der Waals surface area contributed by atoms with Crippen LogP contribution in [0.2, 0.25) is 10.0 Å². The zero-order valence-corrected chi connectivity index (χ0v) is 24.7. The Kier molecular flexibility index (Phi) is 8.07. The summed E-state index contributed by atoms with van der Waals surface area (Å²) in [5.74, 6) is -0.341. The van der Waals surface area contributed by atoms with Crippen molar-refractivity contribution in [3.05, 3.63) is 74.2 Å². The topological polar surface area (TPSA) is 71.4 Å². The number of rotatable bonds is 5. The number of methoxy groups -OCH3 is 1. The number of fused-ring (bicyclic) bond motifs is 1. The summed E-state index contributed by atoms with van der Waals surface area (Å²) in [6, 6.07) is 12.6. The van der Waals surface area contributed by atoms with Crippen LogP contribution in [0.4, 0.5) is 10.5 Å². The summed E-state index contributed by atoms with van der Waals surface area (Å²) in [6.07, 6.45) is -0.507. The molecule has 0 aliphatic carbocycles. The number of carbonyl (C=O) groups is 2. The number of ether oxygens (including phenoxy) is 2. The SMILES string of the molecule is COC(=O)C1=C(C(C)C)N2C(=N[C@@H](c3ccc(Cl)c(N(C)C(=O)OC(C)(C)C)c3)[C@H]2c2ccc(Cl)cc2)S1. The summed E-state index contributed by atoms with van der Waals surface area (Å²) in [6.45, 7) is 9.54. The maximum atomic E-state index is 12.8. The molecule has 0 N–H and O–H groups in total. The number of halogens is 2. The zero-order valence-electron chi connectivity index (χ0n) is 22.4. The highest BCUT2D eigenvalue weighted by atomic mass is 35.5. The molecule has 0 saturated heterocycles. The van der Waals surface area contributed by atoms with Crippen molar-refractivity contribution in [2.24, 2.45) is 10.9 Å². The number of amides is 1. The van der Waals surface area contributed by atoms with Gasteiger partial charge in [-0.1, -0.05) is 55.2 Å². The van der Waals surface area contributed by atoms with Crippen molar-refractivity contribution < 1.29 is 19.1 Å². The molecule has 0 bridgehead atoms. The van der Waals surface area contributed by atoms with Crippen LogP contribution in [0.1, 0.15) is 57.8 Å². The van der Waals surface area contributed by atoms with Crippen molar-refractivity contribution in [1.29, 1.82) is 0 Å². The van der Waals surface area contributed by atoms with E-state index in [0.29, 0.717) is 20.6 Å². The van der Waals surface area contributed by atoms with Crippen molar-refractivity contribution in [2.45, 2.75) is 52.3 Å². The Morgan fingerprint density at radius 3 is 2.29 bits per heavy atom. The first-order valence-electron chi connectivity index (χ1n) is 12.2. The molecule has 0 unspecified atom stereocenters. The quantitative estimate of drug-likeness (QED) is 0.341. The van der Waals surface area contributed by atoms with E-state index in [1.807, 2.05) is 71.0 Å². The number of carbonyl (C=O) groups excluding carboxylic acids is 2. The maximum absolute atomic E-state index is 12.8. The summed E-state index contributed by atoms with van der Waals surface area (Å²) in [7, 11) is 3.02. The summed E-state index contributed by atoms with van der Waals surface area (Å²) in [5, 5.41) is 1.76. The first kappa shape index (κ1) is 28.3. The average molecular weight is 577 g/mol. The lowest BCUT2D eigenvalue weighted by Crippen LogP contribution is -2.34. The lowest BCUT2D eigenvalue weighted by atomic mass is 9.92. The van der Waals surface area contributed by atoms with Gasteiger partial charge in [0.25, 0.3) is 0 Å². The van der Waals surface area contributed by atoms with E-state index in [2.05, 4.69) is 4.90 Å². The number of aliphatic imine (C=N–C) groups is 1. The molecule has 38 heavy (non-hydrogen) atoms. The molecule has 1 amide bonds. The van der Waals surface area contributed by atoms with E-state index in [9.17, 15) is 9.59 Å². The van der Waals surface area contributed by atoms with Gasteiger partial charge in [0.2, 0.25) is 0 Å². The zero-order chi connectivity index (χ0) is 27.9. The van der Waals surface area contributed by atoms with Gasteiger partial charge >= 0.3 is 12.1 Å². The molecule has 2 heterocycles. The van der Waals surface area contributed by atoms with Gasteiger partial charge in [-0.3, -0.25) is 9.89 Å². The van der Waals surface area contributed by atoms with E-state index in [1.54, 1.807) is 13.1 Å². The molecule has 0 saturated carbocycles. The molecular weight excluding hydrogens is 545 g/mol. The largest absolute Gasteiger partial charge is 0.465 e. The molecule has 0 aromatic heterocycles. The van der Waals surface area contributed by atoms with E-state index in [-0.39, 0.29) is 24.0 Å². The van der Waals surface area contributed by atoms with Gasteiger partial charge in [0.05, 0.1) is 23.9 Å². The highest BCUT2D eigenvalue weighted by Crippen LogP contribution is 2.53. The van der Waals surface area contributed by atoms with Gasteiger partial charge in [0.1, 0.15) is 16.5 Å².